The number of benzene rings is 2. The zero-order valence-corrected chi connectivity index (χ0v) is 23.1. The van der Waals surface area contributed by atoms with Gasteiger partial charge in [0.2, 0.25) is 0 Å². The predicted molar refractivity (Wildman–Crippen MR) is 144 cm³/mol. The lowest BCUT2D eigenvalue weighted by Gasteiger charge is -2.34. The predicted octanol–water partition coefficient (Wildman–Crippen LogP) is 5.99. The number of piperazine rings is 1. The smallest absolute Gasteiger partial charge is 0.433 e. The van der Waals surface area contributed by atoms with Gasteiger partial charge >= 0.3 is 6.18 Å². The first-order valence-electron chi connectivity index (χ1n) is 13.1. The van der Waals surface area contributed by atoms with Crippen molar-refractivity contribution in [3.63, 3.8) is 0 Å². The van der Waals surface area contributed by atoms with E-state index in [4.69, 9.17) is 4.74 Å². The van der Waals surface area contributed by atoms with E-state index in [1.165, 1.54) is 31.1 Å². The lowest BCUT2D eigenvalue weighted by molar-refractivity contribution is -0.143. The lowest BCUT2D eigenvalue weighted by Crippen LogP contribution is -2.48. The number of methoxy groups -OCH3 is 1. The Labute approximate surface area is 234 Å². The second-order valence-electron chi connectivity index (χ2n) is 9.24. The number of nitrogens with zero attached hydrogens (tertiary/aromatic N) is 5. The van der Waals surface area contributed by atoms with Gasteiger partial charge in [0.25, 0.3) is 5.91 Å². The Morgan fingerprint density at radius 3 is 2.27 bits per heavy atom. The summed E-state index contributed by atoms with van der Waals surface area (Å²) >= 11 is 0. The monoisotopic (exact) mass is 575 g/mol. The number of halogens is 5. The molecular weight excluding hydrogens is 545 g/mol. The molecule has 0 N–H and O–H groups in total. The molecule has 1 amide bonds. The number of aromatic nitrogens is 3. The van der Waals surface area contributed by atoms with Crippen LogP contribution in [0.3, 0.4) is 0 Å². The number of hydrogen-bond acceptors (Lipinski definition) is 5. The topological polar surface area (TPSA) is 63.0 Å². The Balaban J connectivity index is 0.00000189. The molecule has 0 spiro atoms. The van der Waals surface area contributed by atoms with E-state index in [9.17, 15) is 26.7 Å². The summed E-state index contributed by atoms with van der Waals surface area (Å²) in [4.78, 5) is 21.3. The zero-order valence-electron chi connectivity index (χ0n) is 23.1. The second-order valence-corrected chi connectivity index (χ2v) is 9.24. The van der Waals surface area contributed by atoms with Crippen molar-refractivity contribution in [2.24, 2.45) is 0 Å². The molecule has 1 saturated heterocycles. The molecule has 5 rings (SSSR count). The van der Waals surface area contributed by atoms with Gasteiger partial charge in [-0.25, -0.2) is 18.3 Å². The van der Waals surface area contributed by atoms with Crippen molar-refractivity contribution in [3.05, 3.63) is 82.7 Å². The molecule has 218 valence electrons. The fourth-order valence-corrected chi connectivity index (χ4v) is 4.78. The van der Waals surface area contributed by atoms with Crippen molar-refractivity contribution in [1.29, 1.82) is 0 Å². The fraction of sp³-hybridized carbons (Fsp3) is 0.345. The number of ether oxygens (including phenoxy) is 1. The minimum absolute atomic E-state index is 0.0557. The molecule has 7 nitrogen and oxygen atoms in total. The normalized spacial score (nSPS) is 14.1. The number of carbonyl (C=O) groups is 1. The Morgan fingerprint density at radius 1 is 1.00 bits per heavy atom. The summed E-state index contributed by atoms with van der Waals surface area (Å²) in [6.07, 6.45) is -3.65. The molecule has 12 heteroatoms. The number of carbonyl (C=O) groups excluding carboxylic acids is 1. The van der Waals surface area contributed by atoms with Crippen molar-refractivity contribution in [1.82, 2.24) is 24.4 Å². The van der Waals surface area contributed by atoms with E-state index in [1.807, 2.05) is 18.7 Å². The maximum Gasteiger partial charge on any atom is 0.433 e. The SMILES string of the molecule is CC.COc1ccc(-c2nc3c(C(=O)N4CCN(Cc5cccc(F)c5F)CC4)cnn3c(C(F)(F)F)c2C)cc1. The van der Waals surface area contributed by atoms with Gasteiger partial charge in [-0.15, -0.1) is 0 Å². The van der Waals surface area contributed by atoms with Gasteiger partial charge in [0.1, 0.15) is 11.3 Å². The highest BCUT2D eigenvalue weighted by Crippen LogP contribution is 2.37. The third-order valence-corrected chi connectivity index (χ3v) is 6.83. The molecule has 0 atom stereocenters. The van der Waals surface area contributed by atoms with Crippen LogP contribution < -0.4 is 4.74 Å². The number of hydrogen-bond donors (Lipinski definition) is 0. The van der Waals surface area contributed by atoms with E-state index >= 15 is 0 Å². The van der Waals surface area contributed by atoms with Crippen molar-refractivity contribution in [2.45, 2.75) is 33.5 Å². The average Bonchev–Trinajstić information content (AvgIpc) is 3.38. The van der Waals surface area contributed by atoms with Crippen LogP contribution in [-0.2, 0) is 12.7 Å². The number of amides is 1. The lowest BCUT2D eigenvalue weighted by atomic mass is 10.0. The molecule has 0 radical (unpaired) electrons. The maximum atomic E-state index is 14.2. The van der Waals surface area contributed by atoms with E-state index < -0.39 is 29.4 Å². The van der Waals surface area contributed by atoms with Crippen LogP contribution in [-0.4, -0.2) is 63.6 Å². The molecule has 0 aliphatic carbocycles. The van der Waals surface area contributed by atoms with Gasteiger partial charge in [-0.1, -0.05) is 26.0 Å². The first-order valence-corrected chi connectivity index (χ1v) is 13.1. The van der Waals surface area contributed by atoms with Crippen LogP contribution in [0, 0.1) is 18.6 Å². The van der Waals surface area contributed by atoms with Crippen LogP contribution in [0.2, 0.25) is 0 Å². The van der Waals surface area contributed by atoms with Crippen molar-refractivity contribution in [2.75, 3.05) is 33.3 Å². The summed E-state index contributed by atoms with van der Waals surface area (Å²) in [7, 11) is 1.48. The standard InChI is InChI=1S/C27H24F5N5O2.C2H6/c1-16-23(17-6-8-19(39-2)9-7-17)34-25-20(14-33-37(25)24(16)27(30,31)32)26(38)36-12-10-35(11-13-36)15-18-4-3-5-21(28)22(18)29;1-2/h3-9,14H,10-13,15H2,1-2H3;1-2H3. The second kappa shape index (κ2) is 12.2. The Kier molecular flexibility index (Phi) is 8.91. The molecule has 0 saturated carbocycles. The quantitative estimate of drug-likeness (QED) is 0.274. The van der Waals surface area contributed by atoms with Crippen LogP contribution >= 0.6 is 0 Å². The zero-order chi connectivity index (χ0) is 29.9. The van der Waals surface area contributed by atoms with E-state index in [0.717, 1.165) is 12.3 Å². The van der Waals surface area contributed by atoms with E-state index in [2.05, 4.69) is 10.1 Å². The Morgan fingerprint density at radius 2 is 1.66 bits per heavy atom. The van der Waals surface area contributed by atoms with Gasteiger partial charge in [-0.05, 0) is 37.3 Å². The van der Waals surface area contributed by atoms with Crippen LogP contribution in [0.15, 0.2) is 48.7 Å². The molecule has 2 aromatic heterocycles. The highest BCUT2D eigenvalue weighted by molar-refractivity contribution is 6.00. The molecular formula is C29H30F5N5O2. The molecule has 41 heavy (non-hydrogen) atoms. The summed E-state index contributed by atoms with van der Waals surface area (Å²) < 4.78 is 75.9. The van der Waals surface area contributed by atoms with Gasteiger partial charge in [-0.3, -0.25) is 9.69 Å². The highest BCUT2D eigenvalue weighted by Gasteiger charge is 2.39. The molecule has 3 heterocycles. The largest absolute Gasteiger partial charge is 0.497 e. The molecule has 1 aliphatic rings. The van der Waals surface area contributed by atoms with Crippen molar-refractivity contribution < 1.29 is 31.5 Å². The van der Waals surface area contributed by atoms with Crippen LogP contribution in [0.4, 0.5) is 22.0 Å². The van der Waals surface area contributed by atoms with Gasteiger partial charge in [0, 0.05) is 49.4 Å². The molecule has 2 aromatic carbocycles. The minimum atomic E-state index is -4.75. The third-order valence-electron chi connectivity index (χ3n) is 6.83. The van der Waals surface area contributed by atoms with Crippen LogP contribution in [0.1, 0.15) is 41.0 Å². The van der Waals surface area contributed by atoms with Crippen LogP contribution in [0.25, 0.3) is 16.9 Å². The number of fused-ring (bicyclic) bond motifs is 1. The number of rotatable bonds is 5. The maximum absolute atomic E-state index is 14.2. The molecule has 1 aliphatic heterocycles. The average molecular weight is 576 g/mol. The first-order chi connectivity index (χ1) is 19.6. The van der Waals surface area contributed by atoms with Gasteiger partial charge in [0.05, 0.1) is 19.0 Å². The molecule has 4 aromatic rings. The summed E-state index contributed by atoms with van der Waals surface area (Å²) in [6, 6.07) is 10.4. The Hall–Kier alpha value is -4.06. The number of alkyl halides is 3. The molecule has 1 fully saturated rings. The first kappa shape index (κ1) is 29.9. The minimum Gasteiger partial charge on any atom is -0.497 e. The third kappa shape index (κ3) is 6.02. The summed E-state index contributed by atoms with van der Waals surface area (Å²) in [6.45, 7) is 6.73. The van der Waals surface area contributed by atoms with Crippen molar-refractivity contribution in [3.8, 4) is 17.0 Å². The molecule has 0 unspecified atom stereocenters. The van der Waals surface area contributed by atoms with E-state index in [-0.39, 0.29) is 47.7 Å². The summed E-state index contributed by atoms with van der Waals surface area (Å²) in [5.41, 5.74) is -0.677. The Bertz CT molecular complexity index is 1530. The molecule has 0 bridgehead atoms. The summed E-state index contributed by atoms with van der Waals surface area (Å²) in [5.74, 6) is -1.80. The summed E-state index contributed by atoms with van der Waals surface area (Å²) in [5, 5.41) is 3.89. The van der Waals surface area contributed by atoms with E-state index in [0.29, 0.717) is 28.9 Å². The fourth-order valence-electron chi connectivity index (χ4n) is 4.78. The van der Waals surface area contributed by atoms with Crippen molar-refractivity contribution >= 4 is 11.6 Å². The highest BCUT2D eigenvalue weighted by atomic mass is 19.4. The van der Waals surface area contributed by atoms with Gasteiger partial charge < -0.3 is 9.64 Å². The van der Waals surface area contributed by atoms with Gasteiger partial charge in [-0.2, -0.15) is 18.3 Å². The van der Waals surface area contributed by atoms with Crippen LogP contribution in [0.5, 0.6) is 5.75 Å². The van der Waals surface area contributed by atoms with Gasteiger partial charge in [0.15, 0.2) is 23.0 Å². The van der Waals surface area contributed by atoms with E-state index in [1.54, 1.807) is 24.3 Å².